The highest BCUT2D eigenvalue weighted by molar-refractivity contribution is 7.80. The summed E-state index contributed by atoms with van der Waals surface area (Å²) in [5, 5.41) is 7.94. The number of rotatable bonds is 5. The number of benzene rings is 2. The zero-order valence-corrected chi connectivity index (χ0v) is 14.4. The molecule has 2 aromatic rings. The molecule has 5 heteroatoms. The van der Waals surface area contributed by atoms with Crippen molar-refractivity contribution in [1.82, 2.24) is 5.43 Å². The Morgan fingerprint density at radius 3 is 2.57 bits per heavy atom. The van der Waals surface area contributed by atoms with Gasteiger partial charge < -0.3 is 10.1 Å². The minimum atomic E-state index is 0.471. The quantitative estimate of drug-likeness (QED) is 0.496. The molecule has 0 unspecified atom stereocenters. The molecule has 0 atom stereocenters. The summed E-state index contributed by atoms with van der Waals surface area (Å²) in [6.45, 7) is 3.98. The van der Waals surface area contributed by atoms with E-state index in [-0.39, 0.29) is 0 Å². The maximum absolute atomic E-state index is 5.35. The van der Waals surface area contributed by atoms with Gasteiger partial charge >= 0.3 is 0 Å². The monoisotopic (exact) mass is 327 g/mol. The first-order valence-corrected chi connectivity index (χ1v) is 7.78. The highest BCUT2D eigenvalue weighted by Gasteiger charge is 2.04. The highest BCUT2D eigenvalue weighted by Crippen LogP contribution is 2.18. The number of nitrogens with one attached hydrogen (secondary N) is 2. The van der Waals surface area contributed by atoms with Crippen LogP contribution in [-0.4, -0.2) is 17.9 Å². The summed E-state index contributed by atoms with van der Waals surface area (Å²) in [6, 6.07) is 15.9. The molecule has 0 saturated carbocycles. The summed E-state index contributed by atoms with van der Waals surface area (Å²) in [5.74, 6) is 0.864. The van der Waals surface area contributed by atoms with Crippen LogP contribution in [0.1, 0.15) is 18.1 Å². The van der Waals surface area contributed by atoms with Gasteiger partial charge in [0.1, 0.15) is 5.75 Å². The van der Waals surface area contributed by atoms with Gasteiger partial charge in [-0.05, 0) is 49.3 Å². The first kappa shape index (κ1) is 17.0. The van der Waals surface area contributed by atoms with Gasteiger partial charge in [-0.2, -0.15) is 5.10 Å². The number of nitrogens with zero attached hydrogens (tertiary/aromatic N) is 1. The molecule has 0 saturated heterocycles. The number of ether oxygens (including phenoxy) is 1. The molecule has 2 aromatic carbocycles. The lowest BCUT2D eigenvalue weighted by atomic mass is 10.1. The van der Waals surface area contributed by atoms with Crippen LogP contribution in [0.4, 0.5) is 5.69 Å². The minimum absolute atomic E-state index is 0.471. The molecule has 0 fully saturated rings. The Labute approximate surface area is 142 Å². The van der Waals surface area contributed by atoms with Crippen molar-refractivity contribution in [2.75, 3.05) is 12.4 Å². The van der Waals surface area contributed by atoms with Gasteiger partial charge in [0.15, 0.2) is 5.11 Å². The number of para-hydroxylation sites is 2. The number of aryl methyl sites for hydroxylation is 1. The fourth-order valence-electron chi connectivity index (χ4n) is 2.17. The second kappa shape index (κ2) is 8.29. The van der Waals surface area contributed by atoms with Gasteiger partial charge in [0.05, 0.1) is 7.11 Å². The molecule has 0 aromatic heterocycles. The molecule has 23 heavy (non-hydrogen) atoms. The summed E-state index contributed by atoms with van der Waals surface area (Å²) in [6.07, 6.45) is 0.698. The molecule has 120 valence electrons. The second-order valence-electron chi connectivity index (χ2n) is 5.22. The molecule has 2 rings (SSSR count). The number of thiocarbonyl (C=S) groups is 1. The molecule has 2 N–H and O–H groups in total. The van der Waals surface area contributed by atoms with Crippen LogP contribution < -0.4 is 15.5 Å². The summed E-state index contributed by atoms with van der Waals surface area (Å²) in [7, 11) is 1.67. The van der Waals surface area contributed by atoms with Crippen molar-refractivity contribution in [2.45, 2.75) is 20.3 Å². The van der Waals surface area contributed by atoms with Crippen molar-refractivity contribution in [3.05, 3.63) is 59.7 Å². The third-order valence-electron chi connectivity index (χ3n) is 3.38. The molecule has 4 nitrogen and oxygen atoms in total. The molecule has 0 heterocycles. The molecule has 0 spiro atoms. The molecule has 0 aliphatic heterocycles. The molecular formula is C18H21N3OS. The van der Waals surface area contributed by atoms with Gasteiger partial charge in [0, 0.05) is 17.8 Å². The molecular weight excluding hydrogens is 306 g/mol. The summed E-state index contributed by atoms with van der Waals surface area (Å²) >= 11 is 5.27. The number of hydrogen-bond acceptors (Lipinski definition) is 3. The van der Waals surface area contributed by atoms with E-state index in [4.69, 9.17) is 17.0 Å². The Morgan fingerprint density at radius 2 is 1.83 bits per heavy atom. The smallest absolute Gasteiger partial charge is 0.191 e. The Hall–Kier alpha value is -2.40. The van der Waals surface area contributed by atoms with Crippen LogP contribution in [0.2, 0.25) is 0 Å². The van der Waals surface area contributed by atoms with Crippen LogP contribution in [0.5, 0.6) is 5.75 Å². The molecule has 0 aliphatic carbocycles. The number of methoxy groups -OCH3 is 1. The van der Waals surface area contributed by atoms with E-state index in [9.17, 15) is 0 Å². The van der Waals surface area contributed by atoms with Crippen LogP contribution in [0.15, 0.2) is 53.6 Å². The van der Waals surface area contributed by atoms with Gasteiger partial charge in [-0.3, -0.25) is 5.43 Å². The Balaban J connectivity index is 1.94. The molecule has 0 aliphatic rings. The molecule has 0 amide bonds. The van der Waals surface area contributed by atoms with Crippen LogP contribution in [0.25, 0.3) is 0 Å². The van der Waals surface area contributed by atoms with E-state index >= 15 is 0 Å². The standard InChI is InChI=1S/C18H21N3OS/c1-13-8-4-6-10-16(13)19-18(23)21-20-14(2)12-15-9-5-7-11-17(15)22-3/h4-11H,12H2,1-3H3,(H2,19,21,23)/b20-14-. The third-order valence-corrected chi connectivity index (χ3v) is 3.57. The fraction of sp³-hybridized carbons (Fsp3) is 0.222. The number of anilines is 1. The van der Waals surface area contributed by atoms with Crippen LogP contribution in [0.3, 0.4) is 0 Å². The van der Waals surface area contributed by atoms with Crippen LogP contribution in [-0.2, 0) is 6.42 Å². The van der Waals surface area contributed by atoms with Crippen molar-refractivity contribution in [3.8, 4) is 5.75 Å². The Kier molecular flexibility index (Phi) is 6.11. The van der Waals surface area contributed by atoms with E-state index in [2.05, 4.69) is 15.8 Å². The van der Waals surface area contributed by atoms with Gasteiger partial charge in [0.2, 0.25) is 0 Å². The average Bonchev–Trinajstić information content (AvgIpc) is 2.55. The predicted molar refractivity (Wildman–Crippen MR) is 100 cm³/mol. The van der Waals surface area contributed by atoms with Gasteiger partial charge in [-0.15, -0.1) is 0 Å². The van der Waals surface area contributed by atoms with E-state index in [1.807, 2.05) is 62.4 Å². The van der Waals surface area contributed by atoms with Crippen LogP contribution in [0, 0.1) is 6.92 Å². The third kappa shape index (κ3) is 5.07. The summed E-state index contributed by atoms with van der Waals surface area (Å²) in [4.78, 5) is 0. The van der Waals surface area contributed by atoms with Crippen LogP contribution >= 0.6 is 12.2 Å². The maximum atomic E-state index is 5.35. The van der Waals surface area contributed by atoms with E-state index in [0.29, 0.717) is 11.5 Å². The van der Waals surface area contributed by atoms with Crippen molar-refractivity contribution >= 4 is 28.7 Å². The SMILES string of the molecule is COc1ccccc1C/C(C)=N\NC(=S)Nc1ccccc1C. The number of hydrazone groups is 1. The van der Waals surface area contributed by atoms with Crippen molar-refractivity contribution in [1.29, 1.82) is 0 Å². The summed E-state index contributed by atoms with van der Waals surface area (Å²) < 4.78 is 5.35. The normalized spacial score (nSPS) is 11.0. The molecule has 0 radical (unpaired) electrons. The average molecular weight is 327 g/mol. The summed E-state index contributed by atoms with van der Waals surface area (Å²) in [5.41, 5.74) is 7.00. The van der Waals surface area contributed by atoms with Crippen molar-refractivity contribution < 1.29 is 4.74 Å². The zero-order valence-electron chi connectivity index (χ0n) is 13.6. The van der Waals surface area contributed by atoms with Crippen molar-refractivity contribution in [3.63, 3.8) is 0 Å². The van der Waals surface area contributed by atoms with Gasteiger partial charge in [-0.1, -0.05) is 36.4 Å². The van der Waals surface area contributed by atoms with Gasteiger partial charge in [0.25, 0.3) is 0 Å². The highest BCUT2D eigenvalue weighted by atomic mass is 32.1. The number of hydrogen-bond donors (Lipinski definition) is 2. The zero-order chi connectivity index (χ0) is 16.7. The fourth-order valence-corrected chi connectivity index (χ4v) is 2.33. The lowest BCUT2D eigenvalue weighted by Gasteiger charge is -2.11. The first-order valence-electron chi connectivity index (χ1n) is 7.38. The van der Waals surface area contributed by atoms with E-state index < -0.39 is 0 Å². The maximum Gasteiger partial charge on any atom is 0.191 e. The topological polar surface area (TPSA) is 45.6 Å². The lowest BCUT2D eigenvalue weighted by molar-refractivity contribution is 0.411. The van der Waals surface area contributed by atoms with E-state index in [1.165, 1.54) is 0 Å². The largest absolute Gasteiger partial charge is 0.496 e. The lowest BCUT2D eigenvalue weighted by Crippen LogP contribution is -2.25. The van der Waals surface area contributed by atoms with Gasteiger partial charge in [-0.25, -0.2) is 0 Å². The first-order chi connectivity index (χ1) is 11.1. The predicted octanol–water partition coefficient (Wildman–Crippen LogP) is 3.91. The second-order valence-corrected chi connectivity index (χ2v) is 5.62. The minimum Gasteiger partial charge on any atom is -0.496 e. The van der Waals surface area contributed by atoms with E-state index in [0.717, 1.165) is 28.3 Å². The van der Waals surface area contributed by atoms with Crippen molar-refractivity contribution in [2.24, 2.45) is 5.10 Å². The molecule has 0 bridgehead atoms. The Bertz CT molecular complexity index is 713. The van der Waals surface area contributed by atoms with E-state index in [1.54, 1.807) is 7.11 Å². The Morgan fingerprint density at radius 1 is 1.13 bits per heavy atom.